The molecule has 1 heterocycles. The van der Waals surface area contributed by atoms with E-state index in [1.54, 1.807) is 7.05 Å². The first-order valence-electron chi connectivity index (χ1n) is 3.51. The lowest BCUT2D eigenvalue weighted by Crippen LogP contribution is -2.10. The fraction of sp³-hybridized carbons (Fsp3) is 0.571. The Morgan fingerprint density at radius 3 is 2.92 bits per heavy atom. The first-order valence-corrected chi connectivity index (χ1v) is 3.89. The number of hydrogen-bond acceptors (Lipinski definition) is 3. The van der Waals surface area contributed by atoms with Gasteiger partial charge in [-0.1, -0.05) is 11.6 Å². The fourth-order valence-corrected chi connectivity index (χ4v) is 1.32. The number of ether oxygens (including phenoxy) is 1. The van der Waals surface area contributed by atoms with E-state index in [2.05, 4.69) is 5.10 Å². The molecule has 0 amide bonds. The fourth-order valence-electron chi connectivity index (χ4n) is 1.03. The van der Waals surface area contributed by atoms with Gasteiger partial charge in [-0.3, -0.25) is 4.68 Å². The minimum Gasteiger partial charge on any atom is -0.384 e. The van der Waals surface area contributed by atoms with E-state index in [4.69, 9.17) is 16.3 Å². The number of hydrogen-bond donors (Lipinski definition) is 1. The summed E-state index contributed by atoms with van der Waals surface area (Å²) < 4.78 is 6.32. The molecule has 5 heteroatoms. The molecule has 1 aromatic rings. The highest BCUT2D eigenvalue weighted by molar-refractivity contribution is 6.31. The summed E-state index contributed by atoms with van der Waals surface area (Å²) in [5, 5.41) is 13.8. The lowest BCUT2D eigenvalue weighted by atomic mass is 10.3. The molecule has 1 rings (SSSR count). The zero-order chi connectivity index (χ0) is 9.14. The number of aryl methyl sites for hydroxylation is 1. The molecule has 4 nitrogen and oxygen atoms in total. The standard InChI is InChI=1S/C7H11ClN2O2/c1-10-7(5(8)3-9-10)6(11)4-12-2/h3,6,11H,4H2,1-2H3. The van der Waals surface area contributed by atoms with Crippen LogP contribution >= 0.6 is 11.6 Å². The van der Waals surface area contributed by atoms with Crippen LogP contribution in [0.4, 0.5) is 0 Å². The average molecular weight is 191 g/mol. The molecule has 0 saturated carbocycles. The molecule has 1 atom stereocenters. The molecule has 0 aliphatic carbocycles. The van der Waals surface area contributed by atoms with E-state index in [0.29, 0.717) is 10.7 Å². The molecule has 0 aromatic carbocycles. The Labute approximate surface area is 75.7 Å². The van der Waals surface area contributed by atoms with Crippen LogP contribution in [0.5, 0.6) is 0 Å². The van der Waals surface area contributed by atoms with Crippen LogP contribution in [0.15, 0.2) is 6.20 Å². The second-order valence-corrected chi connectivity index (χ2v) is 2.88. The molecule has 0 spiro atoms. The summed E-state index contributed by atoms with van der Waals surface area (Å²) in [5.41, 5.74) is 0.582. The third kappa shape index (κ3) is 1.77. The Balaban J connectivity index is 2.85. The summed E-state index contributed by atoms with van der Waals surface area (Å²) in [6.45, 7) is 0.221. The summed E-state index contributed by atoms with van der Waals surface area (Å²) in [7, 11) is 3.24. The lowest BCUT2D eigenvalue weighted by molar-refractivity contribution is 0.0593. The van der Waals surface area contributed by atoms with Gasteiger partial charge in [-0.15, -0.1) is 0 Å². The Morgan fingerprint density at radius 1 is 1.83 bits per heavy atom. The molecule has 0 fully saturated rings. The number of aromatic nitrogens is 2. The predicted molar refractivity (Wildman–Crippen MR) is 45.1 cm³/mol. The zero-order valence-corrected chi connectivity index (χ0v) is 7.75. The largest absolute Gasteiger partial charge is 0.384 e. The van der Waals surface area contributed by atoms with Crippen molar-refractivity contribution < 1.29 is 9.84 Å². The zero-order valence-electron chi connectivity index (χ0n) is 6.99. The van der Waals surface area contributed by atoms with Gasteiger partial charge in [-0.25, -0.2) is 0 Å². The minimum absolute atomic E-state index is 0.221. The molecule has 1 N–H and O–H groups in total. The smallest absolute Gasteiger partial charge is 0.120 e. The highest BCUT2D eigenvalue weighted by Gasteiger charge is 2.15. The Hall–Kier alpha value is -0.580. The van der Waals surface area contributed by atoms with Gasteiger partial charge < -0.3 is 9.84 Å². The molecular formula is C7H11ClN2O2. The van der Waals surface area contributed by atoms with Crippen LogP contribution in [0.25, 0.3) is 0 Å². The molecule has 68 valence electrons. The van der Waals surface area contributed by atoms with E-state index in [1.807, 2.05) is 0 Å². The van der Waals surface area contributed by atoms with Crippen molar-refractivity contribution in [2.24, 2.45) is 7.05 Å². The second kappa shape index (κ2) is 3.89. The monoisotopic (exact) mass is 190 g/mol. The summed E-state index contributed by atoms with van der Waals surface area (Å²) in [5.74, 6) is 0. The molecule has 0 bridgehead atoms. The van der Waals surface area contributed by atoms with E-state index < -0.39 is 6.10 Å². The highest BCUT2D eigenvalue weighted by Crippen LogP contribution is 2.21. The van der Waals surface area contributed by atoms with Crippen molar-refractivity contribution in [3.05, 3.63) is 16.9 Å². The molecule has 0 saturated heterocycles. The third-order valence-corrected chi connectivity index (χ3v) is 1.87. The molecule has 0 aliphatic rings. The molecule has 1 unspecified atom stereocenters. The topological polar surface area (TPSA) is 47.3 Å². The van der Waals surface area contributed by atoms with E-state index in [9.17, 15) is 5.11 Å². The minimum atomic E-state index is -0.713. The maximum atomic E-state index is 9.50. The first-order chi connectivity index (χ1) is 5.66. The van der Waals surface area contributed by atoms with Gasteiger partial charge in [0.2, 0.25) is 0 Å². The predicted octanol–water partition coefficient (Wildman–Crippen LogP) is 0.753. The molecule has 0 aliphatic heterocycles. The molecular weight excluding hydrogens is 180 g/mol. The maximum Gasteiger partial charge on any atom is 0.120 e. The quantitative estimate of drug-likeness (QED) is 0.766. The SMILES string of the molecule is COCC(O)c1c(Cl)cnn1C. The lowest BCUT2D eigenvalue weighted by Gasteiger charge is -2.09. The van der Waals surface area contributed by atoms with Gasteiger partial charge in [0.25, 0.3) is 0 Å². The van der Waals surface area contributed by atoms with Gasteiger partial charge in [0, 0.05) is 14.2 Å². The Bertz CT molecular complexity index is 242. The van der Waals surface area contributed by atoms with Crippen LogP contribution in [0.2, 0.25) is 5.02 Å². The maximum absolute atomic E-state index is 9.50. The van der Waals surface area contributed by atoms with E-state index in [0.717, 1.165) is 0 Å². The molecule has 1 aromatic heterocycles. The van der Waals surface area contributed by atoms with Crippen LogP contribution in [0, 0.1) is 0 Å². The van der Waals surface area contributed by atoms with Crippen LogP contribution in [0.3, 0.4) is 0 Å². The second-order valence-electron chi connectivity index (χ2n) is 2.47. The number of aliphatic hydroxyl groups excluding tert-OH is 1. The average Bonchev–Trinajstić information content (AvgIpc) is 2.32. The first kappa shape index (κ1) is 9.51. The molecule has 12 heavy (non-hydrogen) atoms. The summed E-state index contributed by atoms with van der Waals surface area (Å²) in [6, 6.07) is 0. The van der Waals surface area contributed by atoms with Gasteiger partial charge >= 0.3 is 0 Å². The van der Waals surface area contributed by atoms with Crippen LogP contribution < -0.4 is 0 Å². The molecule has 0 radical (unpaired) electrons. The van der Waals surface area contributed by atoms with Crippen molar-refractivity contribution in [1.29, 1.82) is 0 Å². The number of aliphatic hydroxyl groups is 1. The van der Waals surface area contributed by atoms with Crippen molar-refractivity contribution in [3.63, 3.8) is 0 Å². The third-order valence-electron chi connectivity index (χ3n) is 1.58. The van der Waals surface area contributed by atoms with Crippen molar-refractivity contribution in [2.45, 2.75) is 6.10 Å². The van der Waals surface area contributed by atoms with Gasteiger partial charge in [0.1, 0.15) is 6.10 Å². The van der Waals surface area contributed by atoms with Gasteiger partial charge in [0.05, 0.1) is 23.5 Å². The number of methoxy groups -OCH3 is 1. The Morgan fingerprint density at radius 2 is 2.50 bits per heavy atom. The summed E-state index contributed by atoms with van der Waals surface area (Å²) in [4.78, 5) is 0. The van der Waals surface area contributed by atoms with Gasteiger partial charge in [-0.2, -0.15) is 5.10 Å². The van der Waals surface area contributed by atoms with Crippen molar-refractivity contribution in [1.82, 2.24) is 9.78 Å². The van der Waals surface area contributed by atoms with Crippen LogP contribution in [-0.4, -0.2) is 28.6 Å². The number of halogens is 1. The van der Waals surface area contributed by atoms with Crippen LogP contribution in [0.1, 0.15) is 11.8 Å². The van der Waals surface area contributed by atoms with Crippen molar-refractivity contribution >= 4 is 11.6 Å². The highest BCUT2D eigenvalue weighted by atomic mass is 35.5. The number of rotatable bonds is 3. The summed E-state index contributed by atoms with van der Waals surface area (Å²) >= 11 is 5.78. The van der Waals surface area contributed by atoms with E-state index >= 15 is 0 Å². The van der Waals surface area contributed by atoms with Crippen molar-refractivity contribution in [2.75, 3.05) is 13.7 Å². The Kier molecular flexibility index (Phi) is 3.08. The van der Waals surface area contributed by atoms with E-state index in [-0.39, 0.29) is 6.61 Å². The normalized spacial score (nSPS) is 13.3. The van der Waals surface area contributed by atoms with Crippen molar-refractivity contribution in [3.8, 4) is 0 Å². The van der Waals surface area contributed by atoms with Crippen LogP contribution in [-0.2, 0) is 11.8 Å². The van der Waals surface area contributed by atoms with Gasteiger partial charge in [-0.05, 0) is 0 Å². The van der Waals surface area contributed by atoms with E-state index in [1.165, 1.54) is 18.0 Å². The number of nitrogens with zero attached hydrogens (tertiary/aromatic N) is 2. The summed E-state index contributed by atoms with van der Waals surface area (Å²) in [6.07, 6.45) is 0.783. The van der Waals surface area contributed by atoms with Gasteiger partial charge in [0.15, 0.2) is 0 Å².